The average Bonchev–Trinajstić information content (AvgIpc) is 3.52. The van der Waals surface area contributed by atoms with Crippen LogP contribution in [-0.2, 0) is 30.6 Å². The Balaban J connectivity index is 1.34. The molecule has 0 bridgehead atoms. The summed E-state index contributed by atoms with van der Waals surface area (Å²) in [7, 11) is 0. The number of carbonyl (C=O) groups is 4. The summed E-state index contributed by atoms with van der Waals surface area (Å²) in [5, 5.41) is 24.1. The van der Waals surface area contributed by atoms with Crippen molar-refractivity contribution in [2.45, 2.75) is 18.0 Å². The van der Waals surface area contributed by atoms with Gasteiger partial charge in [0.15, 0.2) is 31.3 Å². The van der Waals surface area contributed by atoms with Gasteiger partial charge in [-0.05, 0) is 11.4 Å². The van der Waals surface area contributed by atoms with E-state index in [-0.39, 0.29) is 23.8 Å². The Hall–Kier alpha value is -4.44. The number of primary amides is 1. The normalized spacial score (nSPS) is 19.2. The molecule has 196 valence electrons. The van der Waals surface area contributed by atoms with Crippen molar-refractivity contribution >= 4 is 68.5 Å². The summed E-state index contributed by atoms with van der Waals surface area (Å²) in [6.45, 7) is -0.363. The van der Waals surface area contributed by atoms with Crippen molar-refractivity contribution in [2.75, 3.05) is 18.1 Å². The Morgan fingerprint density at radius 2 is 2.18 bits per heavy atom. The molecule has 0 aromatic carbocycles. The summed E-state index contributed by atoms with van der Waals surface area (Å²) in [6.07, 6.45) is 3.75. The zero-order chi connectivity index (χ0) is 27.0. The molecule has 14 nitrogen and oxygen atoms in total. The van der Waals surface area contributed by atoms with Gasteiger partial charge in [0.05, 0.1) is 16.4 Å². The molecule has 0 radical (unpaired) electrons. The van der Waals surface area contributed by atoms with E-state index < -0.39 is 47.4 Å². The maximum absolute atomic E-state index is 13.0. The average molecular weight is 558 g/mol. The number of aliphatic carboxylic acids is 1. The number of carboxylic acids is 1. The first-order chi connectivity index (χ1) is 18.2. The van der Waals surface area contributed by atoms with E-state index in [4.69, 9.17) is 20.8 Å². The van der Waals surface area contributed by atoms with Crippen LogP contribution in [0, 0.1) is 0 Å². The minimum atomic E-state index is -1.48. The third kappa shape index (κ3) is 4.78. The van der Waals surface area contributed by atoms with Gasteiger partial charge in [0, 0.05) is 28.8 Å². The standard InChI is InChI=1S/C22H19N7O7S2/c23-14(30)8-35-27-16(12-5-15(24)36-26-12)19(31)25-17-20(32)29-18(22(33)34)11(9-38-21(17)29)6-28-3-1-10-2-4-37-13(10)7-28/h1-5,7,17,21H,6,8-9H2,(H5-,23,24,25,26,30,31,33,34)/t17?,21-/m1/s1. The van der Waals surface area contributed by atoms with Gasteiger partial charge in [-0.15, -0.1) is 23.1 Å². The number of nitrogens with one attached hydrogen (secondary N) is 1. The lowest BCUT2D eigenvalue weighted by Crippen LogP contribution is -2.71. The van der Waals surface area contributed by atoms with Crippen molar-refractivity contribution in [3.8, 4) is 0 Å². The summed E-state index contributed by atoms with van der Waals surface area (Å²) in [5.41, 5.74) is 10.3. The lowest BCUT2D eigenvalue weighted by molar-refractivity contribution is -0.687. The summed E-state index contributed by atoms with van der Waals surface area (Å²) in [6, 6.07) is 4.05. The van der Waals surface area contributed by atoms with Crippen LogP contribution in [0.1, 0.15) is 5.69 Å². The number of hydrogen-bond donors (Lipinski definition) is 3. The Kier molecular flexibility index (Phi) is 6.73. The summed E-state index contributed by atoms with van der Waals surface area (Å²) >= 11 is 2.86. The molecule has 2 atom stereocenters. The maximum Gasteiger partial charge on any atom is 0.276 e. The van der Waals surface area contributed by atoms with Crippen molar-refractivity contribution < 1.29 is 38.2 Å². The number of anilines is 1. The van der Waals surface area contributed by atoms with Gasteiger partial charge in [0.25, 0.3) is 17.7 Å². The van der Waals surface area contributed by atoms with Crippen LogP contribution in [0.2, 0.25) is 0 Å². The fourth-order valence-electron chi connectivity index (χ4n) is 4.03. The molecule has 3 aromatic rings. The third-order valence-electron chi connectivity index (χ3n) is 5.71. The molecule has 0 saturated carbocycles. The lowest BCUT2D eigenvalue weighted by atomic mass is 10.0. The number of nitrogens with zero attached hydrogens (tertiary/aromatic N) is 4. The minimum Gasteiger partial charge on any atom is -0.543 e. The molecule has 1 unspecified atom stereocenters. The highest BCUT2D eigenvalue weighted by atomic mass is 32.2. The second kappa shape index (κ2) is 10.1. The molecule has 5 heterocycles. The Labute approximate surface area is 221 Å². The van der Waals surface area contributed by atoms with Gasteiger partial charge in [-0.25, -0.2) is 0 Å². The molecule has 3 amide bonds. The van der Waals surface area contributed by atoms with E-state index in [9.17, 15) is 24.3 Å². The molecular formula is C22H19N7O7S2. The van der Waals surface area contributed by atoms with Crippen molar-refractivity contribution in [3.63, 3.8) is 0 Å². The molecule has 5 rings (SSSR count). The van der Waals surface area contributed by atoms with Crippen molar-refractivity contribution in [3.05, 3.63) is 52.9 Å². The van der Waals surface area contributed by atoms with E-state index >= 15 is 0 Å². The Morgan fingerprint density at radius 1 is 1.37 bits per heavy atom. The minimum absolute atomic E-state index is 0.110. The van der Waals surface area contributed by atoms with Crippen LogP contribution in [0.3, 0.4) is 0 Å². The first-order valence-corrected chi connectivity index (χ1v) is 12.9. The van der Waals surface area contributed by atoms with E-state index in [0.29, 0.717) is 11.3 Å². The molecular weight excluding hydrogens is 538 g/mol. The van der Waals surface area contributed by atoms with Crippen LogP contribution in [0.15, 0.2) is 56.9 Å². The highest BCUT2D eigenvalue weighted by molar-refractivity contribution is 8.00. The van der Waals surface area contributed by atoms with Crippen LogP contribution in [0.5, 0.6) is 0 Å². The molecule has 1 fully saturated rings. The van der Waals surface area contributed by atoms with Crippen molar-refractivity contribution in [2.24, 2.45) is 10.9 Å². The fourth-order valence-corrected chi connectivity index (χ4v) is 6.20. The first-order valence-electron chi connectivity index (χ1n) is 11.0. The number of nitrogens with two attached hydrogens (primary N) is 2. The number of rotatable bonds is 9. The number of fused-ring (bicyclic) bond motifs is 2. The van der Waals surface area contributed by atoms with Gasteiger partial charge >= 0.3 is 0 Å². The fraction of sp³-hybridized carbons (Fsp3) is 0.227. The summed E-state index contributed by atoms with van der Waals surface area (Å²) in [4.78, 5) is 55.0. The SMILES string of the molecule is NC(=O)CON=C(C(=O)NC1C(=O)N2C(C(=O)[O-])=C(C[n+]3ccc4ccsc4c3)CS[C@H]12)c1cc(N)on1. The van der Waals surface area contributed by atoms with Gasteiger partial charge in [-0.1, -0.05) is 10.3 Å². The predicted octanol–water partition coefficient (Wildman–Crippen LogP) is -1.93. The summed E-state index contributed by atoms with van der Waals surface area (Å²) < 4.78 is 7.64. The van der Waals surface area contributed by atoms with E-state index in [1.54, 1.807) is 11.3 Å². The van der Waals surface area contributed by atoms with Gasteiger partial charge in [-0.2, -0.15) is 4.57 Å². The largest absolute Gasteiger partial charge is 0.543 e. The highest BCUT2D eigenvalue weighted by Gasteiger charge is 2.53. The Bertz CT molecular complexity index is 1530. The molecule has 16 heteroatoms. The third-order valence-corrected chi connectivity index (χ3v) is 7.91. The number of carbonyl (C=O) groups excluding carboxylic acids is 4. The van der Waals surface area contributed by atoms with E-state index in [1.807, 2.05) is 34.5 Å². The van der Waals surface area contributed by atoms with Gasteiger partial charge in [0.2, 0.25) is 5.88 Å². The number of pyridine rings is 1. The number of β-lactam (4-membered cyclic amide) rings is 1. The molecule has 1 saturated heterocycles. The zero-order valence-electron chi connectivity index (χ0n) is 19.4. The monoisotopic (exact) mass is 557 g/mol. The lowest BCUT2D eigenvalue weighted by Gasteiger charge is -2.50. The first kappa shape index (κ1) is 25.2. The topological polar surface area (TPSA) is 210 Å². The highest BCUT2D eigenvalue weighted by Crippen LogP contribution is 2.40. The van der Waals surface area contributed by atoms with Crippen molar-refractivity contribution in [1.29, 1.82) is 0 Å². The number of carboxylic acid groups (broad SMARTS) is 1. The zero-order valence-corrected chi connectivity index (χ0v) is 21.0. The smallest absolute Gasteiger partial charge is 0.276 e. The number of hydrogen-bond acceptors (Lipinski definition) is 12. The van der Waals surface area contributed by atoms with Crippen molar-refractivity contribution in [1.82, 2.24) is 15.4 Å². The van der Waals surface area contributed by atoms with Gasteiger partial charge in [0.1, 0.15) is 17.1 Å². The predicted molar refractivity (Wildman–Crippen MR) is 132 cm³/mol. The van der Waals surface area contributed by atoms with Crippen LogP contribution < -0.4 is 26.5 Å². The van der Waals surface area contributed by atoms with Crippen LogP contribution >= 0.6 is 23.1 Å². The molecule has 38 heavy (non-hydrogen) atoms. The van der Waals surface area contributed by atoms with E-state index in [1.165, 1.54) is 17.8 Å². The van der Waals surface area contributed by atoms with Crippen LogP contribution in [0.4, 0.5) is 5.88 Å². The molecule has 2 aliphatic heterocycles. The van der Waals surface area contributed by atoms with E-state index in [2.05, 4.69) is 15.6 Å². The number of nitrogen functional groups attached to an aromatic ring is 1. The molecule has 0 spiro atoms. The molecule has 2 aliphatic rings. The molecule has 5 N–H and O–H groups in total. The number of aromatic nitrogens is 2. The maximum atomic E-state index is 13.0. The number of amides is 3. The van der Waals surface area contributed by atoms with Gasteiger partial charge in [-0.3, -0.25) is 19.3 Å². The number of oxime groups is 1. The Morgan fingerprint density at radius 3 is 2.89 bits per heavy atom. The van der Waals surface area contributed by atoms with Gasteiger partial charge < -0.3 is 36.0 Å². The number of thioether (sulfide) groups is 1. The second-order valence-corrected chi connectivity index (χ2v) is 10.3. The van der Waals surface area contributed by atoms with Crippen LogP contribution in [0.25, 0.3) is 10.1 Å². The van der Waals surface area contributed by atoms with E-state index in [0.717, 1.165) is 15.0 Å². The number of thiophene rings is 1. The molecule has 3 aromatic heterocycles. The van der Waals surface area contributed by atoms with Crippen LogP contribution in [-0.4, -0.2) is 63.2 Å². The summed E-state index contributed by atoms with van der Waals surface area (Å²) in [5.74, 6) is -3.66. The molecule has 0 aliphatic carbocycles. The quantitative estimate of drug-likeness (QED) is 0.115. The second-order valence-electron chi connectivity index (χ2n) is 8.25.